The Morgan fingerprint density at radius 1 is 1.17 bits per heavy atom. The Kier molecular flexibility index (Phi) is 4.67. The molecule has 0 amide bonds. The Labute approximate surface area is 111 Å². The van der Waals surface area contributed by atoms with Gasteiger partial charge in [-0.1, -0.05) is 39.5 Å². The van der Waals surface area contributed by atoms with Gasteiger partial charge in [-0.05, 0) is 25.7 Å². The number of rotatable bonds is 8. The topological polar surface area (TPSA) is 43.8 Å². The number of nitrogen functional groups attached to an aromatic ring is 1. The lowest BCUT2D eigenvalue weighted by molar-refractivity contribution is 0.629. The first-order valence-corrected chi connectivity index (χ1v) is 7.63. The van der Waals surface area contributed by atoms with Crippen molar-refractivity contribution in [1.82, 2.24) is 9.55 Å². The minimum atomic E-state index is 0.654. The average molecular weight is 249 g/mol. The van der Waals surface area contributed by atoms with E-state index in [2.05, 4.69) is 18.4 Å². The van der Waals surface area contributed by atoms with Crippen molar-refractivity contribution in [2.24, 2.45) is 0 Å². The van der Waals surface area contributed by atoms with Gasteiger partial charge in [0.25, 0.3) is 0 Å². The summed E-state index contributed by atoms with van der Waals surface area (Å²) in [5.74, 6) is 2.14. The Morgan fingerprint density at radius 3 is 2.50 bits per heavy atom. The maximum absolute atomic E-state index is 6.26. The molecule has 0 aromatic carbocycles. The van der Waals surface area contributed by atoms with Crippen molar-refractivity contribution in [3.8, 4) is 0 Å². The smallest absolute Gasteiger partial charge is 0.127 e. The highest BCUT2D eigenvalue weighted by atomic mass is 15.2. The van der Waals surface area contributed by atoms with E-state index in [-0.39, 0.29) is 0 Å². The molecule has 3 nitrogen and oxygen atoms in total. The minimum absolute atomic E-state index is 0.654. The molecule has 0 atom stereocenters. The number of nitrogens with zero attached hydrogens (tertiary/aromatic N) is 2. The molecule has 1 saturated carbocycles. The molecule has 2 rings (SSSR count). The lowest BCUT2D eigenvalue weighted by Crippen LogP contribution is -2.04. The molecule has 1 aliphatic rings. The summed E-state index contributed by atoms with van der Waals surface area (Å²) in [5.41, 5.74) is 7.41. The molecular weight excluding hydrogens is 222 g/mol. The van der Waals surface area contributed by atoms with Gasteiger partial charge in [-0.15, -0.1) is 0 Å². The summed E-state index contributed by atoms with van der Waals surface area (Å²) < 4.78 is 2.29. The van der Waals surface area contributed by atoms with Crippen molar-refractivity contribution in [3.05, 3.63) is 11.5 Å². The minimum Gasteiger partial charge on any atom is -0.384 e. The average Bonchev–Trinajstić information content (AvgIpc) is 3.15. The van der Waals surface area contributed by atoms with E-state index >= 15 is 0 Å². The van der Waals surface area contributed by atoms with E-state index in [1.165, 1.54) is 50.8 Å². The van der Waals surface area contributed by atoms with Crippen molar-refractivity contribution >= 4 is 5.82 Å². The predicted molar refractivity (Wildman–Crippen MR) is 76.8 cm³/mol. The molecule has 1 aromatic rings. The van der Waals surface area contributed by atoms with Crippen LogP contribution in [0, 0.1) is 0 Å². The molecular formula is C15H27N3. The van der Waals surface area contributed by atoms with E-state index in [0.717, 1.165) is 24.4 Å². The van der Waals surface area contributed by atoms with Crippen molar-refractivity contribution in [3.63, 3.8) is 0 Å². The lowest BCUT2D eigenvalue weighted by atomic mass is 10.1. The summed E-state index contributed by atoms with van der Waals surface area (Å²) in [6, 6.07) is 0.654. The van der Waals surface area contributed by atoms with Crippen LogP contribution in [0.1, 0.15) is 76.4 Å². The van der Waals surface area contributed by atoms with E-state index in [1.807, 2.05) is 0 Å². The molecule has 1 heterocycles. The zero-order chi connectivity index (χ0) is 13.0. The van der Waals surface area contributed by atoms with Gasteiger partial charge < -0.3 is 10.3 Å². The van der Waals surface area contributed by atoms with Crippen LogP contribution >= 0.6 is 0 Å². The number of anilines is 1. The fourth-order valence-electron chi connectivity index (χ4n) is 2.61. The van der Waals surface area contributed by atoms with Crippen LogP contribution in [0.15, 0.2) is 0 Å². The summed E-state index contributed by atoms with van der Waals surface area (Å²) in [6.07, 6.45) is 11.2. The van der Waals surface area contributed by atoms with Crippen LogP contribution in [0.5, 0.6) is 0 Å². The third-order valence-corrected chi connectivity index (χ3v) is 3.84. The monoisotopic (exact) mass is 249 g/mol. The van der Waals surface area contributed by atoms with Gasteiger partial charge in [-0.25, -0.2) is 4.98 Å². The molecule has 0 unspecified atom stereocenters. The number of imidazole rings is 1. The zero-order valence-corrected chi connectivity index (χ0v) is 11.9. The Hall–Kier alpha value is -0.990. The van der Waals surface area contributed by atoms with Gasteiger partial charge in [0.05, 0.1) is 5.69 Å². The molecule has 3 heteroatoms. The zero-order valence-electron chi connectivity index (χ0n) is 11.9. The molecule has 1 aliphatic carbocycles. The number of unbranched alkanes of at least 4 members (excludes halogenated alkanes) is 4. The largest absolute Gasteiger partial charge is 0.384 e. The third kappa shape index (κ3) is 3.06. The molecule has 102 valence electrons. The standard InChI is InChI=1S/C15H27N3/c1-3-5-6-7-8-9-13-15(16)18(12-10-11-12)14(4-2)17-13/h12H,3-11,16H2,1-2H3. The second kappa shape index (κ2) is 6.26. The van der Waals surface area contributed by atoms with Crippen LogP contribution < -0.4 is 5.73 Å². The van der Waals surface area contributed by atoms with E-state index in [0.29, 0.717) is 6.04 Å². The maximum atomic E-state index is 6.26. The third-order valence-electron chi connectivity index (χ3n) is 3.84. The van der Waals surface area contributed by atoms with E-state index in [9.17, 15) is 0 Å². The second-order valence-corrected chi connectivity index (χ2v) is 5.48. The summed E-state index contributed by atoms with van der Waals surface area (Å²) in [6.45, 7) is 4.43. The number of hydrogen-bond acceptors (Lipinski definition) is 2. The van der Waals surface area contributed by atoms with Gasteiger partial charge in [0.1, 0.15) is 11.6 Å². The van der Waals surface area contributed by atoms with Crippen molar-refractivity contribution in [2.75, 3.05) is 5.73 Å². The molecule has 0 bridgehead atoms. The van der Waals surface area contributed by atoms with Crippen molar-refractivity contribution in [2.45, 2.75) is 77.7 Å². The normalized spacial score (nSPS) is 15.2. The van der Waals surface area contributed by atoms with Crippen LogP contribution in [-0.4, -0.2) is 9.55 Å². The summed E-state index contributed by atoms with van der Waals surface area (Å²) >= 11 is 0. The molecule has 0 spiro atoms. The summed E-state index contributed by atoms with van der Waals surface area (Å²) in [4.78, 5) is 4.75. The van der Waals surface area contributed by atoms with Crippen molar-refractivity contribution in [1.29, 1.82) is 0 Å². The SMILES string of the molecule is CCCCCCCc1nc(CC)n(C2CC2)c1N. The first-order chi connectivity index (χ1) is 8.77. The second-order valence-electron chi connectivity index (χ2n) is 5.48. The van der Waals surface area contributed by atoms with Crippen LogP contribution in [0.2, 0.25) is 0 Å². The number of hydrogen-bond donors (Lipinski definition) is 1. The van der Waals surface area contributed by atoms with Crippen LogP contribution in [0.3, 0.4) is 0 Å². The first-order valence-electron chi connectivity index (χ1n) is 7.63. The molecule has 1 aromatic heterocycles. The van der Waals surface area contributed by atoms with Crippen LogP contribution in [0.4, 0.5) is 5.82 Å². The van der Waals surface area contributed by atoms with Gasteiger partial charge in [-0.3, -0.25) is 0 Å². The fraction of sp³-hybridized carbons (Fsp3) is 0.800. The van der Waals surface area contributed by atoms with Gasteiger partial charge in [0, 0.05) is 12.5 Å². The molecule has 18 heavy (non-hydrogen) atoms. The Morgan fingerprint density at radius 2 is 1.89 bits per heavy atom. The van der Waals surface area contributed by atoms with Crippen LogP contribution in [-0.2, 0) is 12.8 Å². The highest BCUT2D eigenvalue weighted by molar-refractivity contribution is 5.39. The highest BCUT2D eigenvalue weighted by Gasteiger charge is 2.28. The Bertz CT molecular complexity index is 377. The van der Waals surface area contributed by atoms with Crippen LogP contribution in [0.25, 0.3) is 0 Å². The van der Waals surface area contributed by atoms with Gasteiger partial charge >= 0.3 is 0 Å². The first kappa shape index (κ1) is 13.4. The molecule has 0 radical (unpaired) electrons. The highest BCUT2D eigenvalue weighted by Crippen LogP contribution is 2.39. The van der Waals surface area contributed by atoms with Gasteiger partial charge in [0.2, 0.25) is 0 Å². The number of aryl methyl sites for hydroxylation is 2. The molecule has 0 saturated heterocycles. The number of nitrogens with two attached hydrogens (primary N) is 1. The molecule has 1 fully saturated rings. The molecule has 2 N–H and O–H groups in total. The summed E-state index contributed by atoms with van der Waals surface area (Å²) in [5, 5.41) is 0. The molecule has 0 aliphatic heterocycles. The summed E-state index contributed by atoms with van der Waals surface area (Å²) in [7, 11) is 0. The number of aromatic nitrogens is 2. The fourth-order valence-corrected chi connectivity index (χ4v) is 2.61. The lowest BCUT2D eigenvalue weighted by Gasteiger charge is -2.06. The quantitative estimate of drug-likeness (QED) is 0.711. The van der Waals surface area contributed by atoms with E-state index < -0.39 is 0 Å². The van der Waals surface area contributed by atoms with Crippen molar-refractivity contribution < 1.29 is 0 Å². The van der Waals surface area contributed by atoms with Gasteiger partial charge in [-0.2, -0.15) is 0 Å². The van der Waals surface area contributed by atoms with E-state index in [1.54, 1.807) is 0 Å². The predicted octanol–water partition coefficient (Wildman–Crippen LogP) is 3.88. The Balaban J connectivity index is 1.91. The maximum Gasteiger partial charge on any atom is 0.127 e. The van der Waals surface area contributed by atoms with Gasteiger partial charge in [0.15, 0.2) is 0 Å². The van der Waals surface area contributed by atoms with E-state index in [4.69, 9.17) is 10.7 Å².